The first kappa shape index (κ1) is 66.0. The molecule has 0 saturated carbocycles. The van der Waals surface area contributed by atoms with Gasteiger partial charge in [0.2, 0.25) is 0 Å². The van der Waals surface area contributed by atoms with Gasteiger partial charge in [0.15, 0.2) is 5.78 Å². The van der Waals surface area contributed by atoms with E-state index >= 15 is 0 Å². The summed E-state index contributed by atoms with van der Waals surface area (Å²) < 4.78 is 91.0. The average Bonchev–Trinajstić information content (AvgIpc) is 3.21. The minimum absolute atomic E-state index is 0.0399. The molecule has 1 rings (SSSR count). The van der Waals surface area contributed by atoms with Crippen molar-refractivity contribution in [2.75, 3.05) is 40.8 Å². The van der Waals surface area contributed by atoms with Crippen molar-refractivity contribution in [1.29, 1.82) is 0 Å². The van der Waals surface area contributed by atoms with Crippen molar-refractivity contribution in [1.82, 2.24) is 10.2 Å². The lowest BCUT2D eigenvalue weighted by Crippen LogP contribution is -2.26. The molecule has 0 heterocycles. The van der Waals surface area contributed by atoms with Gasteiger partial charge < -0.3 is 21.1 Å². The number of carbonyl (C=O) groups is 1. The highest BCUT2D eigenvalue weighted by atomic mass is 19.4. The van der Waals surface area contributed by atoms with E-state index in [1.165, 1.54) is 32.2 Å². The third kappa shape index (κ3) is 37.4. The van der Waals surface area contributed by atoms with Gasteiger partial charge in [-0.15, -0.1) is 0 Å². The first-order valence-corrected chi connectivity index (χ1v) is 20.6. The van der Waals surface area contributed by atoms with E-state index in [9.17, 15) is 35.6 Å². The Morgan fingerprint density at radius 2 is 1.48 bits per heavy atom. The van der Waals surface area contributed by atoms with E-state index in [0.717, 1.165) is 74.4 Å². The number of halogens is 7. The minimum Gasteiger partial charge on any atom is -0.516 e. The molecule has 1 aromatic carbocycles. The number of hydrogen-bond donors (Lipinski definition) is 3. The first-order valence-electron chi connectivity index (χ1n) is 20.6. The molecule has 0 atom stereocenters. The van der Waals surface area contributed by atoms with Crippen LogP contribution in [0, 0.1) is 5.92 Å². The van der Waals surface area contributed by atoms with E-state index in [-0.39, 0.29) is 28.5 Å². The third-order valence-electron chi connectivity index (χ3n) is 7.46. The van der Waals surface area contributed by atoms with Crippen LogP contribution in [0.3, 0.4) is 0 Å². The van der Waals surface area contributed by atoms with Crippen LogP contribution in [-0.2, 0) is 11.0 Å². The monoisotopic (exact) mass is 878 g/mol. The second-order valence-electron chi connectivity index (χ2n) is 13.8. The second-order valence-corrected chi connectivity index (χ2v) is 13.8. The number of ketones is 1. The molecule has 1 aromatic rings. The summed E-state index contributed by atoms with van der Waals surface area (Å²) >= 11 is 0. The lowest BCUT2D eigenvalue weighted by Gasteiger charge is -2.21. The summed E-state index contributed by atoms with van der Waals surface area (Å²) in [6, 6.07) is 2.93. The Morgan fingerprint density at radius 3 is 1.84 bits per heavy atom. The lowest BCUT2D eigenvalue weighted by atomic mass is 9.94. The van der Waals surface area contributed by atoms with E-state index in [0.29, 0.717) is 42.8 Å². The Kier molecular flexibility index (Phi) is 46.0. The quantitative estimate of drug-likeness (QED) is 0.0340. The second kappa shape index (κ2) is 42.5. The van der Waals surface area contributed by atoms with Crippen molar-refractivity contribution in [3.8, 4) is 0 Å². The summed E-state index contributed by atoms with van der Waals surface area (Å²) in [6.45, 7) is 27.7. The molecule has 0 saturated heterocycles. The fraction of sp³-hybridized carbons (Fsp3) is 0.553. The van der Waals surface area contributed by atoms with Gasteiger partial charge in [0.1, 0.15) is 12.2 Å². The Balaban J connectivity index is -0.000000262. The number of aliphatic hydroxyl groups is 1. The topological polar surface area (TPSA) is 103 Å². The predicted molar refractivity (Wildman–Crippen MR) is 248 cm³/mol. The maximum atomic E-state index is 14.3. The molecule has 352 valence electrons. The summed E-state index contributed by atoms with van der Waals surface area (Å²) in [4.78, 5) is 16.1. The maximum Gasteiger partial charge on any atom is 0.416 e. The summed E-state index contributed by atoms with van der Waals surface area (Å²) in [7, 11) is 5.25. The van der Waals surface area contributed by atoms with Crippen molar-refractivity contribution < 1.29 is 40.7 Å². The van der Waals surface area contributed by atoms with E-state index in [1.807, 2.05) is 41.8 Å². The summed E-state index contributed by atoms with van der Waals surface area (Å²) in [6.07, 6.45) is 5.38. The molecule has 0 fully saturated rings. The molecule has 0 aromatic heterocycles. The molecule has 0 bridgehead atoms. The molecular weight excluding hydrogens is 800 g/mol. The van der Waals surface area contributed by atoms with Crippen LogP contribution in [0.5, 0.6) is 0 Å². The summed E-state index contributed by atoms with van der Waals surface area (Å²) in [5.74, 6) is 0.813. The van der Waals surface area contributed by atoms with Gasteiger partial charge in [0.25, 0.3) is 6.43 Å². The highest BCUT2D eigenvalue weighted by Crippen LogP contribution is 2.32. The number of hydrogen-bond acceptors (Lipinski definition) is 6. The number of nitrogens with two attached hydrogens (primary N) is 1. The molecule has 4 N–H and O–H groups in total. The molecule has 0 unspecified atom stereocenters. The van der Waals surface area contributed by atoms with Crippen molar-refractivity contribution in [3.05, 3.63) is 100 Å². The Bertz CT molecular complexity index is 1500. The number of aliphatic imine (C=N–C) groups is 1. The number of benzene rings is 1. The van der Waals surface area contributed by atoms with Crippen LogP contribution >= 0.6 is 0 Å². The van der Waals surface area contributed by atoms with Crippen LogP contribution in [0.2, 0.25) is 0 Å². The van der Waals surface area contributed by atoms with E-state index < -0.39 is 18.2 Å². The van der Waals surface area contributed by atoms with Crippen LogP contribution in [0.1, 0.15) is 131 Å². The standard InChI is InChI=1S/C18H18F6N2.C17H30FNO.C5H8O.C4H10.C2H7N.CH5N/c1-4-11(2)7-13-5-6-14(18(21,22)23)9-15(13)17(25-10-26-24)12(3)8-16(19)20;1-5-11-19(12-6-2)13-10-15(4)17(18)16(7-3)9-8-14-20;1-3-5(6)4-2;1-4(2)3;1-3-2;1-2/h5-10,16H,4H2,1-3H3;8-9,14,20H,5-7,10-13H2,1-4H3;3H,1,4H2,2H3;4H,1-3H3;3H,1-2H3;2H2,1H3/b11-7-,12-8+,25-17+,26-10-;14-8+,16-9-,17-15+;;;;. The van der Waals surface area contributed by atoms with Gasteiger partial charge in [-0.05, 0) is 146 Å². The minimum atomic E-state index is -4.63. The molecule has 0 aliphatic carbocycles. The van der Waals surface area contributed by atoms with Crippen molar-refractivity contribution in [3.63, 3.8) is 0 Å². The largest absolute Gasteiger partial charge is 0.516 e. The number of alkyl halides is 5. The Hall–Kier alpha value is -4.14. The molecule has 0 spiro atoms. The number of nitrogens with zero attached hydrogens (tertiary/aromatic N) is 3. The summed E-state index contributed by atoms with van der Waals surface area (Å²) in [5, 5.41) is 13.6. The van der Waals surface area contributed by atoms with Crippen LogP contribution < -0.4 is 11.1 Å². The van der Waals surface area contributed by atoms with E-state index in [2.05, 4.69) is 67.4 Å². The smallest absolute Gasteiger partial charge is 0.416 e. The zero-order valence-electron chi connectivity index (χ0n) is 39.4. The van der Waals surface area contributed by atoms with Crippen molar-refractivity contribution in [2.45, 2.75) is 127 Å². The molecular formula is C47H78F7N5O2. The first-order chi connectivity index (χ1) is 28.6. The fourth-order valence-corrected chi connectivity index (χ4v) is 4.49. The molecule has 0 aliphatic rings. The third-order valence-corrected chi connectivity index (χ3v) is 7.46. The zero-order valence-corrected chi connectivity index (χ0v) is 39.4. The Morgan fingerprint density at radius 1 is 0.951 bits per heavy atom. The van der Waals surface area contributed by atoms with Crippen LogP contribution in [0.15, 0.2) is 93.7 Å². The number of rotatable bonds is 18. The predicted octanol–water partition coefficient (Wildman–Crippen LogP) is 13.8. The molecule has 0 radical (unpaired) electrons. The molecule has 0 amide bonds. The summed E-state index contributed by atoms with van der Waals surface area (Å²) in [5.41, 5.74) is 5.84. The van der Waals surface area contributed by atoms with Crippen molar-refractivity contribution >= 4 is 23.9 Å². The number of carbonyl (C=O) groups excluding carboxylic acids is 1. The highest BCUT2D eigenvalue weighted by molar-refractivity contribution is 6.16. The molecule has 61 heavy (non-hydrogen) atoms. The van der Waals surface area contributed by atoms with Gasteiger partial charge in [-0.3, -0.25) is 4.79 Å². The highest BCUT2D eigenvalue weighted by Gasteiger charge is 2.31. The van der Waals surface area contributed by atoms with E-state index in [1.54, 1.807) is 19.1 Å². The van der Waals surface area contributed by atoms with Gasteiger partial charge in [-0.1, -0.05) is 95.5 Å². The number of allylic oxidation sites excluding steroid dienone is 8. The lowest BCUT2D eigenvalue weighted by molar-refractivity contribution is -0.137. The van der Waals surface area contributed by atoms with Crippen molar-refractivity contribution in [2.24, 2.45) is 21.9 Å². The van der Waals surface area contributed by atoms with E-state index in [4.69, 9.17) is 5.11 Å². The molecule has 0 aliphatic heterocycles. The normalized spacial score (nSPS) is 12.6. The van der Waals surface area contributed by atoms with Gasteiger partial charge in [0, 0.05) is 18.5 Å². The fourth-order valence-electron chi connectivity index (χ4n) is 4.49. The SMILES string of the molecule is C=CC(=O)CC.CC(C)C.CC/C(C)=C\c1ccc(C(F)(F)F)cc1C(=N/C=N\F)/C(C)=C/C(F)F.CCCN(CCC)CC\C(C)=C(F)/C(=C\C=C\O)CC.CN.CNC. The zero-order chi connectivity index (χ0) is 48.6. The van der Waals surface area contributed by atoms with Gasteiger partial charge in [0.05, 0.1) is 17.5 Å². The average molecular weight is 878 g/mol. The molecule has 14 heteroatoms. The number of nitrogens with one attached hydrogen (secondary N) is 1. The maximum absolute atomic E-state index is 14.3. The van der Waals surface area contributed by atoms with Crippen LogP contribution in [-0.4, -0.2) is 75.0 Å². The Labute approximate surface area is 364 Å². The van der Waals surface area contributed by atoms with Crippen LogP contribution in [0.4, 0.5) is 30.8 Å². The molecule has 7 nitrogen and oxygen atoms in total. The van der Waals surface area contributed by atoms with Gasteiger partial charge in [-0.25, -0.2) is 18.2 Å². The number of aliphatic hydroxyl groups excluding tert-OH is 1. The van der Waals surface area contributed by atoms with Gasteiger partial charge in [-0.2, -0.15) is 13.2 Å². The van der Waals surface area contributed by atoms with Crippen LogP contribution in [0.25, 0.3) is 6.08 Å². The van der Waals surface area contributed by atoms with Gasteiger partial charge >= 0.3 is 6.18 Å².